The van der Waals surface area contributed by atoms with E-state index in [2.05, 4.69) is 0 Å². The second-order valence-corrected chi connectivity index (χ2v) is 8.54. The van der Waals surface area contributed by atoms with Gasteiger partial charge in [-0.05, 0) is 36.2 Å². The molecule has 1 heterocycles. The summed E-state index contributed by atoms with van der Waals surface area (Å²) in [5, 5.41) is 0.552. The zero-order valence-corrected chi connectivity index (χ0v) is 15.8. The summed E-state index contributed by atoms with van der Waals surface area (Å²) in [7, 11) is -3.72. The minimum Gasteiger partial charge on any atom is -0.310 e. The maximum Gasteiger partial charge on any atom is 0.247 e. The fourth-order valence-corrected chi connectivity index (χ4v) is 4.15. The van der Waals surface area contributed by atoms with Crippen LogP contribution in [-0.2, 0) is 21.2 Å². The van der Waals surface area contributed by atoms with Crippen molar-refractivity contribution in [1.82, 2.24) is 0 Å². The van der Waals surface area contributed by atoms with Gasteiger partial charge in [0.1, 0.15) is 6.54 Å². The first-order chi connectivity index (χ1) is 11.8. The van der Waals surface area contributed by atoms with Gasteiger partial charge in [0.2, 0.25) is 15.9 Å². The SMILES string of the molecule is CS(=O)(=O)N(CC(=O)N1CCc2ccccc21)c1cc(Cl)ccc1Cl. The van der Waals surface area contributed by atoms with Gasteiger partial charge in [0.25, 0.3) is 0 Å². The molecule has 0 fully saturated rings. The highest BCUT2D eigenvalue weighted by Gasteiger charge is 2.29. The van der Waals surface area contributed by atoms with E-state index >= 15 is 0 Å². The van der Waals surface area contributed by atoms with Crippen LogP contribution >= 0.6 is 23.2 Å². The van der Waals surface area contributed by atoms with E-state index in [0.717, 1.165) is 28.2 Å². The predicted octanol–water partition coefficient (Wildman–Crippen LogP) is 3.35. The van der Waals surface area contributed by atoms with E-state index in [-0.39, 0.29) is 23.2 Å². The molecule has 0 N–H and O–H groups in total. The number of hydrogen-bond donors (Lipinski definition) is 0. The fourth-order valence-electron chi connectivity index (χ4n) is 2.86. The van der Waals surface area contributed by atoms with Crippen molar-refractivity contribution in [3.8, 4) is 0 Å². The lowest BCUT2D eigenvalue weighted by atomic mass is 10.2. The molecular formula is C17H16Cl2N2O3S. The molecule has 3 rings (SSSR count). The topological polar surface area (TPSA) is 57.7 Å². The lowest BCUT2D eigenvalue weighted by Crippen LogP contribution is -2.42. The molecule has 0 saturated heterocycles. The zero-order chi connectivity index (χ0) is 18.2. The van der Waals surface area contributed by atoms with Crippen LogP contribution < -0.4 is 9.21 Å². The Bertz CT molecular complexity index is 931. The van der Waals surface area contributed by atoms with Crippen molar-refractivity contribution in [2.24, 2.45) is 0 Å². The van der Waals surface area contributed by atoms with Crippen LogP contribution in [-0.4, -0.2) is 33.7 Å². The molecule has 1 amide bonds. The number of anilines is 2. The van der Waals surface area contributed by atoms with Crippen LogP contribution in [0.25, 0.3) is 0 Å². The molecule has 25 heavy (non-hydrogen) atoms. The summed E-state index contributed by atoms with van der Waals surface area (Å²) in [6, 6.07) is 12.1. The van der Waals surface area contributed by atoms with E-state index in [1.165, 1.54) is 12.1 Å². The van der Waals surface area contributed by atoms with Gasteiger partial charge in [-0.3, -0.25) is 9.10 Å². The number of fused-ring (bicyclic) bond motifs is 1. The molecule has 0 bridgehead atoms. The Morgan fingerprint density at radius 2 is 1.92 bits per heavy atom. The Balaban J connectivity index is 1.92. The number of rotatable bonds is 4. The maximum absolute atomic E-state index is 12.8. The Morgan fingerprint density at radius 1 is 1.20 bits per heavy atom. The minimum atomic E-state index is -3.72. The van der Waals surface area contributed by atoms with E-state index in [4.69, 9.17) is 23.2 Å². The molecule has 2 aromatic carbocycles. The molecular weight excluding hydrogens is 383 g/mol. The average molecular weight is 399 g/mol. The van der Waals surface area contributed by atoms with Crippen molar-refractivity contribution >= 4 is 50.5 Å². The number of sulfonamides is 1. The number of benzene rings is 2. The zero-order valence-electron chi connectivity index (χ0n) is 13.4. The van der Waals surface area contributed by atoms with Crippen molar-refractivity contribution in [2.75, 3.05) is 28.6 Å². The van der Waals surface area contributed by atoms with Gasteiger partial charge in [-0.25, -0.2) is 8.42 Å². The van der Waals surface area contributed by atoms with Crippen LogP contribution in [0.5, 0.6) is 0 Å². The van der Waals surface area contributed by atoms with Crippen LogP contribution in [0.15, 0.2) is 42.5 Å². The first kappa shape index (κ1) is 18.0. The summed E-state index contributed by atoms with van der Waals surface area (Å²) < 4.78 is 25.5. The van der Waals surface area contributed by atoms with E-state index in [0.29, 0.717) is 11.6 Å². The molecule has 1 aliphatic rings. The summed E-state index contributed by atoms with van der Waals surface area (Å²) in [6.45, 7) is 0.187. The molecule has 8 heteroatoms. The highest BCUT2D eigenvalue weighted by Crippen LogP contribution is 2.32. The highest BCUT2D eigenvalue weighted by atomic mass is 35.5. The van der Waals surface area contributed by atoms with E-state index in [1.807, 2.05) is 24.3 Å². The summed E-state index contributed by atoms with van der Waals surface area (Å²) in [4.78, 5) is 14.4. The second kappa shape index (κ2) is 6.86. The maximum atomic E-state index is 12.8. The minimum absolute atomic E-state index is 0.192. The second-order valence-electron chi connectivity index (χ2n) is 5.79. The number of nitrogens with zero attached hydrogens (tertiary/aromatic N) is 2. The number of carbonyl (C=O) groups is 1. The van der Waals surface area contributed by atoms with Crippen LogP contribution in [0.3, 0.4) is 0 Å². The molecule has 0 aliphatic carbocycles. The third-order valence-electron chi connectivity index (χ3n) is 4.04. The highest BCUT2D eigenvalue weighted by molar-refractivity contribution is 7.92. The Hall–Kier alpha value is -1.76. The molecule has 0 atom stereocenters. The van der Waals surface area contributed by atoms with Gasteiger partial charge in [-0.2, -0.15) is 0 Å². The van der Waals surface area contributed by atoms with Crippen LogP contribution in [0.2, 0.25) is 10.0 Å². The first-order valence-corrected chi connectivity index (χ1v) is 10.2. The Labute approximate surface area is 156 Å². The van der Waals surface area contributed by atoms with Gasteiger partial charge in [0, 0.05) is 17.3 Å². The molecule has 1 aliphatic heterocycles. The van der Waals surface area contributed by atoms with Crippen molar-refractivity contribution in [3.05, 3.63) is 58.1 Å². The van der Waals surface area contributed by atoms with Crippen molar-refractivity contribution in [2.45, 2.75) is 6.42 Å². The summed E-state index contributed by atoms with van der Waals surface area (Å²) in [6.07, 6.45) is 1.79. The third kappa shape index (κ3) is 3.76. The average Bonchev–Trinajstić information content (AvgIpc) is 2.98. The lowest BCUT2D eigenvalue weighted by molar-refractivity contribution is -0.117. The third-order valence-corrected chi connectivity index (χ3v) is 5.73. The van der Waals surface area contributed by atoms with Crippen LogP contribution in [0.4, 0.5) is 11.4 Å². The molecule has 0 unspecified atom stereocenters. The Morgan fingerprint density at radius 3 is 2.64 bits per heavy atom. The van der Waals surface area contributed by atoms with Gasteiger partial charge >= 0.3 is 0 Å². The van der Waals surface area contributed by atoms with Crippen LogP contribution in [0.1, 0.15) is 5.56 Å². The molecule has 5 nitrogen and oxygen atoms in total. The number of carbonyl (C=O) groups excluding carboxylic acids is 1. The van der Waals surface area contributed by atoms with Gasteiger partial charge in [0.15, 0.2) is 0 Å². The summed E-state index contributed by atoms with van der Waals surface area (Å²) >= 11 is 12.1. The monoisotopic (exact) mass is 398 g/mol. The van der Waals surface area contributed by atoms with E-state index < -0.39 is 10.0 Å². The molecule has 132 valence electrons. The van der Waals surface area contributed by atoms with E-state index in [1.54, 1.807) is 11.0 Å². The molecule has 0 radical (unpaired) electrons. The van der Waals surface area contributed by atoms with Crippen molar-refractivity contribution < 1.29 is 13.2 Å². The number of para-hydroxylation sites is 1. The van der Waals surface area contributed by atoms with Gasteiger partial charge in [0.05, 0.1) is 17.0 Å². The number of hydrogen-bond acceptors (Lipinski definition) is 3. The molecule has 0 saturated carbocycles. The summed E-state index contributed by atoms with van der Waals surface area (Å²) in [5.41, 5.74) is 2.08. The Kier molecular flexibility index (Phi) is 4.95. The largest absolute Gasteiger partial charge is 0.310 e. The standard InChI is InChI=1S/C17H16Cl2N2O3S/c1-25(23,24)21(16-10-13(18)6-7-14(16)19)11-17(22)20-9-8-12-4-2-3-5-15(12)20/h2-7,10H,8-9,11H2,1H3. The molecule has 2 aromatic rings. The van der Waals surface area contributed by atoms with E-state index in [9.17, 15) is 13.2 Å². The van der Waals surface area contributed by atoms with Crippen molar-refractivity contribution in [1.29, 1.82) is 0 Å². The normalized spacial score (nSPS) is 13.6. The van der Waals surface area contributed by atoms with Gasteiger partial charge < -0.3 is 4.90 Å². The van der Waals surface area contributed by atoms with Gasteiger partial charge in [-0.15, -0.1) is 0 Å². The first-order valence-electron chi connectivity index (χ1n) is 7.58. The van der Waals surface area contributed by atoms with Crippen molar-refractivity contribution in [3.63, 3.8) is 0 Å². The number of halogens is 2. The number of amides is 1. The lowest BCUT2D eigenvalue weighted by Gasteiger charge is -2.26. The van der Waals surface area contributed by atoms with Crippen LogP contribution in [0, 0.1) is 0 Å². The quantitative estimate of drug-likeness (QED) is 0.793. The summed E-state index contributed by atoms with van der Waals surface area (Å²) in [5.74, 6) is -0.314. The predicted molar refractivity (Wildman–Crippen MR) is 101 cm³/mol. The fraction of sp³-hybridized carbons (Fsp3) is 0.235. The molecule has 0 spiro atoms. The smallest absolute Gasteiger partial charge is 0.247 e. The van der Waals surface area contributed by atoms with Gasteiger partial charge in [-0.1, -0.05) is 41.4 Å². The molecule has 0 aromatic heterocycles.